The van der Waals surface area contributed by atoms with Crippen molar-refractivity contribution in [2.75, 3.05) is 0 Å². The Kier molecular flexibility index (Phi) is 24.0. The van der Waals surface area contributed by atoms with Gasteiger partial charge in [0.05, 0.1) is 0 Å². The zero-order valence-electron chi connectivity index (χ0n) is 24.7. The van der Waals surface area contributed by atoms with Crippen LogP contribution in [0.1, 0.15) is 173 Å². The van der Waals surface area contributed by atoms with Crippen LogP contribution in [0.2, 0.25) is 0 Å². The first-order valence-electron chi connectivity index (χ1n) is 16.5. The van der Waals surface area contributed by atoms with Gasteiger partial charge < -0.3 is 9.90 Å². The molecule has 0 aliphatic carbocycles. The lowest BCUT2D eigenvalue weighted by Crippen LogP contribution is -2.32. The Labute approximate surface area is 231 Å². The fourth-order valence-electron chi connectivity index (χ4n) is 5.55. The summed E-state index contributed by atoms with van der Waals surface area (Å²) < 4.78 is 0. The molecule has 0 saturated heterocycles. The van der Waals surface area contributed by atoms with E-state index in [2.05, 4.69) is 6.92 Å². The summed E-state index contributed by atoms with van der Waals surface area (Å²) in [6.07, 6.45) is 34.7. The molecule has 0 amide bonds. The van der Waals surface area contributed by atoms with Gasteiger partial charge in [0.25, 0.3) is 0 Å². The molecule has 37 heavy (non-hydrogen) atoms. The molecule has 0 N–H and O–H groups in total. The molecule has 1 atom stereocenters. The minimum absolute atomic E-state index is 0.345. The van der Waals surface area contributed by atoms with Crippen LogP contribution >= 0.6 is 0 Å². The van der Waals surface area contributed by atoms with Gasteiger partial charge in [-0.3, -0.25) is 0 Å². The molecule has 0 radical (unpaired) electrons. The van der Waals surface area contributed by atoms with Gasteiger partial charge in [-0.2, -0.15) is 0 Å². The molecule has 0 aromatic heterocycles. The van der Waals surface area contributed by atoms with Crippen molar-refractivity contribution < 1.29 is 9.90 Å². The van der Waals surface area contributed by atoms with Gasteiger partial charge in [-0.15, -0.1) is 0 Å². The number of unbranched alkanes of at least 4 members (excludes halogenated alkanes) is 23. The van der Waals surface area contributed by atoms with Crippen molar-refractivity contribution in [3.05, 3.63) is 35.9 Å². The van der Waals surface area contributed by atoms with Gasteiger partial charge in [0.15, 0.2) is 0 Å². The number of benzene rings is 1. The van der Waals surface area contributed by atoms with Crippen LogP contribution in [-0.2, 0) is 11.2 Å². The van der Waals surface area contributed by atoms with Crippen LogP contribution in [0.3, 0.4) is 0 Å². The van der Waals surface area contributed by atoms with Crippen molar-refractivity contribution in [2.45, 2.75) is 174 Å². The highest BCUT2D eigenvalue weighted by Crippen LogP contribution is 2.18. The molecule has 1 aromatic rings. The summed E-state index contributed by atoms with van der Waals surface area (Å²) in [5.74, 6) is -1.24. The third kappa shape index (κ3) is 22.4. The van der Waals surface area contributed by atoms with Crippen molar-refractivity contribution in [3.63, 3.8) is 0 Å². The third-order valence-corrected chi connectivity index (χ3v) is 8.06. The highest BCUT2D eigenvalue weighted by molar-refractivity contribution is 5.68. The first-order chi connectivity index (χ1) is 18.2. The van der Waals surface area contributed by atoms with Crippen LogP contribution in [0.25, 0.3) is 0 Å². The third-order valence-electron chi connectivity index (χ3n) is 8.06. The van der Waals surface area contributed by atoms with Gasteiger partial charge in [-0.1, -0.05) is 191 Å². The van der Waals surface area contributed by atoms with E-state index in [0.717, 1.165) is 24.8 Å². The van der Waals surface area contributed by atoms with Crippen LogP contribution in [0.15, 0.2) is 30.3 Å². The van der Waals surface area contributed by atoms with Gasteiger partial charge >= 0.3 is 0 Å². The van der Waals surface area contributed by atoms with Gasteiger partial charge in [-0.25, -0.2) is 0 Å². The minimum atomic E-state index is -0.891. The average molecular weight is 514 g/mol. The molecule has 1 unspecified atom stereocenters. The fourth-order valence-corrected chi connectivity index (χ4v) is 5.55. The highest BCUT2D eigenvalue weighted by Gasteiger charge is 2.10. The first kappa shape index (κ1) is 33.7. The Morgan fingerprint density at radius 1 is 0.541 bits per heavy atom. The molecule has 0 aliphatic heterocycles. The van der Waals surface area contributed by atoms with Crippen LogP contribution in [-0.4, -0.2) is 5.97 Å². The maximum absolute atomic E-state index is 11.5. The van der Waals surface area contributed by atoms with E-state index >= 15 is 0 Å². The summed E-state index contributed by atoms with van der Waals surface area (Å²) in [5, 5.41) is 11.5. The Bertz CT molecular complexity index is 597. The molecule has 0 spiro atoms. The molecule has 0 fully saturated rings. The van der Waals surface area contributed by atoms with Crippen molar-refractivity contribution in [3.8, 4) is 0 Å². The standard InChI is InChI=1S/C35H62O2/c1-2-3-4-5-6-7-8-9-10-11-12-13-14-15-16-17-18-19-20-21-22-23-24-28-31-34(35(36)37)32-33-29-26-25-27-30-33/h25-27,29-30,34H,2-24,28,31-32H2,1H3,(H,36,37)/p-1. The predicted molar refractivity (Wildman–Crippen MR) is 160 cm³/mol. The van der Waals surface area contributed by atoms with E-state index < -0.39 is 5.97 Å². The maximum atomic E-state index is 11.5. The summed E-state index contributed by atoms with van der Waals surface area (Å²) in [5.41, 5.74) is 1.10. The summed E-state index contributed by atoms with van der Waals surface area (Å²) in [4.78, 5) is 11.5. The highest BCUT2D eigenvalue weighted by atomic mass is 16.4. The second-order valence-electron chi connectivity index (χ2n) is 11.6. The number of rotatable bonds is 28. The molecule has 0 saturated carbocycles. The largest absolute Gasteiger partial charge is 0.550 e. The molecule has 2 nitrogen and oxygen atoms in total. The number of carbonyl (C=O) groups is 1. The molecule has 2 heteroatoms. The lowest BCUT2D eigenvalue weighted by atomic mass is 9.93. The van der Waals surface area contributed by atoms with Crippen molar-refractivity contribution >= 4 is 5.97 Å². The van der Waals surface area contributed by atoms with E-state index in [-0.39, 0.29) is 5.92 Å². The molecule has 0 heterocycles. The predicted octanol–water partition coefficient (Wildman–Crippen LogP) is 10.4. The zero-order valence-corrected chi connectivity index (χ0v) is 24.7. The number of aliphatic carboxylic acids is 1. The average Bonchev–Trinajstić information content (AvgIpc) is 2.91. The summed E-state index contributed by atoms with van der Waals surface area (Å²) in [7, 11) is 0. The molecular formula is C35H61O2-. The number of carboxylic acid groups (broad SMARTS) is 1. The number of carbonyl (C=O) groups excluding carboxylic acids is 1. The summed E-state index contributed by atoms with van der Waals surface area (Å²) >= 11 is 0. The lowest BCUT2D eigenvalue weighted by molar-refractivity contribution is -0.311. The second-order valence-corrected chi connectivity index (χ2v) is 11.6. The van der Waals surface area contributed by atoms with E-state index in [9.17, 15) is 9.90 Å². The SMILES string of the molecule is CCCCCCCCCCCCCCCCCCCCCCCCCCC(Cc1ccccc1)C(=O)[O-]. The normalized spacial score (nSPS) is 12.1. The van der Waals surface area contributed by atoms with Crippen LogP contribution in [0.5, 0.6) is 0 Å². The number of hydrogen-bond donors (Lipinski definition) is 0. The van der Waals surface area contributed by atoms with E-state index in [1.54, 1.807) is 0 Å². The number of hydrogen-bond acceptors (Lipinski definition) is 2. The lowest BCUT2D eigenvalue weighted by Gasteiger charge is -2.18. The first-order valence-corrected chi connectivity index (χ1v) is 16.5. The summed E-state index contributed by atoms with van der Waals surface area (Å²) in [6, 6.07) is 9.94. The van der Waals surface area contributed by atoms with Crippen molar-refractivity contribution in [1.82, 2.24) is 0 Å². The molecule has 1 aromatic carbocycles. The number of carboxylic acids is 1. The Balaban J connectivity index is 1.76. The maximum Gasteiger partial charge on any atom is 0.0448 e. The fraction of sp³-hybridized carbons (Fsp3) is 0.800. The van der Waals surface area contributed by atoms with Crippen molar-refractivity contribution in [1.29, 1.82) is 0 Å². The van der Waals surface area contributed by atoms with Crippen LogP contribution in [0, 0.1) is 5.92 Å². The smallest absolute Gasteiger partial charge is 0.0448 e. The van der Waals surface area contributed by atoms with Crippen LogP contribution < -0.4 is 5.11 Å². The Morgan fingerprint density at radius 3 is 1.19 bits per heavy atom. The second kappa shape index (κ2) is 26.3. The molecule has 0 bridgehead atoms. The monoisotopic (exact) mass is 513 g/mol. The topological polar surface area (TPSA) is 40.1 Å². The van der Waals surface area contributed by atoms with E-state index in [1.807, 2.05) is 30.3 Å². The summed E-state index contributed by atoms with van der Waals surface area (Å²) in [6.45, 7) is 2.29. The minimum Gasteiger partial charge on any atom is -0.550 e. The molecular weight excluding hydrogens is 452 g/mol. The van der Waals surface area contributed by atoms with Gasteiger partial charge in [-0.05, 0) is 18.4 Å². The van der Waals surface area contributed by atoms with E-state index in [1.165, 1.54) is 141 Å². The van der Waals surface area contributed by atoms with Gasteiger partial charge in [0.1, 0.15) is 0 Å². The van der Waals surface area contributed by atoms with Crippen LogP contribution in [0.4, 0.5) is 0 Å². The quantitative estimate of drug-likeness (QED) is 0.105. The Morgan fingerprint density at radius 2 is 0.865 bits per heavy atom. The molecule has 0 aliphatic rings. The molecule has 1 rings (SSSR count). The van der Waals surface area contributed by atoms with Crippen molar-refractivity contribution in [2.24, 2.45) is 5.92 Å². The van der Waals surface area contributed by atoms with E-state index in [0.29, 0.717) is 6.42 Å². The van der Waals surface area contributed by atoms with Gasteiger partial charge in [0, 0.05) is 11.9 Å². The Hall–Kier alpha value is -1.31. The molecule has 214 valence electrons. The van der Waals surface area contributed by atoms with Gasteiger partial charge in [0.2, 0.25) is 0 Å². The van der Waals surface area contributed by atoms with E-state index in [4.69, 9.17) is 0 Å². The zero-order chi connectivity index (χ0) is 26.7.